The summed E-state index contributed by atoms with van der Waals surface area (Å²) in [6, 6.07) is 9.37. The van der Waals surface area contributed by atoms with Gasteiger partial charge < -0.3 is 11.1 Å². The van der Waals surface area contributed by atoms with Crippen LogP contribution in [0.2, 0.25) is 0 Å². The molecule has 0 atom stereocenters. The first-order chi connectivity index (χ1) is 11.9. The number of anilines is 2. The number of rotatable bonds is 3. The molecule has 0 amide bonds. The Kier molecular flexibility index (Phi) is 5.88. The number of thiophene rings is 1. The van der Waals surface area contributed by atoms with Gasteiger partial charge in [-0.2, -0.15) is 0 Å². The Morgan fingerprint density at radius 1 is 1.24 bits per heavy atom. The van der Waals surface area contributed by atoms with Crippen molar-refractivity contribution in [1.29, 1.82) is 0 Å². The predicted molar refractivity (Wildman–Crippen MR) is 105 cm³/mol. The normalized spacial score (nSPS) is 10.1. The zero-order chi connectivity index (χ0) is 18.6. The minimum atomic E-state index is 0.104. The number of nitrogens with one attached hydrogen (secondary N) is 1. The summed E-state index contributed by atoms with van der Waals surface area (Å²) in [5.41, 5.74) is 10.2. The molecule has 25 heavy (non-hydrogen) atoms. The Hall–Kier alpha value is -2.73. The molecule has 0 unspecified atom stereocenters. The van der Waals surface area contributed by atoms with E-state index in [0.717, 1.165) is 39.0 Å². The maximum Gasteiger partial charge on any atom is 0.162 e. The van der Waals surface area contributed by atoms with Crippen molar-refractivity contribution in [3.8, 4) is 0 Å². The van der Waals surface area contributed by atoms with Gasteiger partial charge in [0.15, 0.2) is 12.1 Å². The number of pyridine rings is 1. The van der Waals surface area contributed by atoms with E-state index in [1.165, 1.54) is 11.3 Å². The van der Waals surface area contributed by atoms with Crippen LogP contribution < -0.4 is 11.1 Å². The molecule has 0 fully saturated rings. The van der Waals surface area contributed by atoms with Gasteiger partial charge in [-0.1, -0.05) is 0 Å². The molecule has 6 heteroatoms. The highest BCUT2D eigenvalue weighted by atomic mass is 32.1. The Labute approximate surface area is 150 Å². The average Bonchev–Trinajstić information content (AvgIpc) is 2.91. The molecule has 3 N–H and O–H groups in total. The van der Waals surface area contributed by atoms with Crippen LogP contribution in [-0.2, 0) is 0 Å². The van der Waals surface area contributed by atoms with E-state index in [1.54, 1.807) is 6.92 Å². The van der Waals surface area contributed by atoms with Gasteiger partial charge in [-0.05, 0) is 56.7 Å². The van der Waals surface area contributed by atoms with Gasteiger partial charge in [0, 0.05) is 29.4 Å². The maximum absolute atomic E-state index is 10.8. The summed E-state index contributed by atoms with van der Waals surface area (Å²) in [4.78, 5) is 27.3. The van der Waals surface area contributed by atoms with Crippen molar-refractivity contribution in [2.45, 2.75) is 20.8 Å². The van der Waals surface area contributed by atoms with Gasteiger partial charge in [0.25, 0.3) is 0 Å². The molecule has 0 bridgehead atoms. The third-order valence-corrected chi connectivity index (χ3v) is 4.76. The van der Waals surface area contributed by atoms with Crippen molar-refractivity contribution in [2.24, 2.45) is 0 Å². The van der Waals surface area contributed by atoms with Crippen LogP contribution in [0.3, 0.4) is 0 Å². The molecule has 2 aromatic heterocycles. The largest absolute Gasteiger partial charge is 0.397 e. The first-order valence-corrected chi connectivity index (χ1v) is 8.59. The molecule has 0 aliphatic carbocycles. The molecule has 0 aliphatic heterocycles. The zero-order valence-electron chi connectivity index (χ0n) is 14.7. The Balaban J connectivity index is 0.000000186. The van der Waals surface area contributed by atoms with Crippen LogP contribution in [0.1, 0.15) is 38.2 Å². The fraction of sp³-hybridized carbons (Fsp3) is 0.211. The number of carbonyl (C=O) groups is 2. The summed E-state index contributed by atoms with van der Waals surface area (Å²) in [7, 11) is 1.85. The Bertz CT molecular complexity index is 915. The van der Waals surface area contributed by atoms with Crippen LogP contribution in [-0.4, -0.2) is 24.1 Å². The summed E-state index contributed by atoms with van der Waals surface area (Å²) in [6.45, 7) is 5.48. The quantitative estimate of drug-likeness (QED) is 0.542. The molecule has 3 rings (SSSR count). The number of ketones is 1. The van der Waals surface area contributed by atoms with Gasteiger partial charge in [0.2, 0.25) is 0 Å². The van der Waals surface area contributed by atoms with Gasteiger partial charge >= 0.3 is 0 Å². The van der Waals surface area contributed by atoms with Crippen LogP contribution in [0, 0.1) is 13.8 Å². The highest BCUT2D eigenvalue weighted by molar-refractivity contribution is 7.20. The number of aryl methyl sites for hydroxylation is 2. The second-order valence-electron chi connectivity index (χ2n) is 5.64. The highest BCUT2D eigenvalue weighted by Gasteiger charge is 2.12. The van der Waals surface area contributed by atoms with Crippen LogP contribution in [0.5, 0.6) is 0 Å². The Morgan fingerprint density at radius 3 is 2.40 bits per heavy atom. The average molecular weight is 355 g/mol. The topological polar surface area (TPSA) is 85.1 Å². The number of Topliss-reactive ketones (excluding diaryl/α,β-unsaturated/α-hetero) is 1. The second kappa shape index (κ2) is 7.90. The van der Waals surface area contributed by atoms with Gasteiger partial charge in [-0.15, -0.1) is 11.3 Å². The molecule has 0 aliphatic rings. The number of benzene rings is 1. The molecule has 5 nitrogen and oxygen atoms in total. The fourth-order valence-electron chi connectivity index (χ4n) is 2.45. The molecule has 0 radical (unpaired) electrons. The van der Waals surface area contributed by atoms with E-state index >= 15 is 0 Å². The van der Waals surface area contributed by atoms with E-state index in [1.807, 2.05) is 51.2 Å². The summed E-state index contributed by atoms with van der Waals surface area (Å²) in [5.74, 6) is 0.104. The van der Waals surface area contributed by atoms with Crippen molar-refractivity contribution in [1.82, 2.24) is 4.98 Å². The van der Waals surface area contributed by atoms with Crippen molar-refractivity contribution >= 4 is 45.0 Å². The van der Waals surface area contributed by atoms with Crippen molar-refractivity contribution < 1.29 is 9.59 Å². The van der Waals surface area contributed by atoms with Gasteiger partial charge in [0.05, 0.1) is 10.6 Å². The van der Waals surface area contributed by atoms with Crippen molar-refractivity contribution in [3.63, 3.8) is 0 Å². The number of hydrogen-bond donors (Lipinski definition) is 2. The van der Waals surface area contributed by atoms with Crippen LogP contribution >= 0.6 is 11.3 Å². The summed E-state index contributed by atoms with van der Waals surface area (Å²) < 4.78 is 0. The molecule has 1 aromatic carbocycles. The lowest BCUT2D eigenvalue weighted by molar-refractivity contribution is 0.101. The van der Waals surface area contributed by atoms with Gasteiger partial charge in [0.1, 0.15) is 4.83 Å². The number of nitrogen functional groups attached to an aromatic ring is 1. The smallest absolute Gasteiger partial charge is 0.162 e. The molecular weight excluding hydrogens is 334 g/mol. The third kappa shape index (κ3) is 4.22. The van der Waals surface area contributed by atoms with E-state index in [4.69, 9.17) is 5.73 Å². The minimum Gasteiger partial charge on any atom is -0.397 e. The number of aromatic nitrogens is 1. The van der Waals surface area contributed by atoms with Crippen LogP contribution in [0.25, 0.3) is 10.2 Å². The molecular formula is C19H21N3O2S. The lowest BCUT2D eigenvalue weighted by Gasteiger charge is -1.99. The summed E-state index contributed by atoms with van der Waals surface area (Å²) >= 11 is 1.35. The molecule has 0 saturated carbocycles. The molecule has 0 saturated heterocycles. The Morgan fingerprint density at radius 2 is 1.88 bits per heavy atom. The van der Waals surface area contributed by atoms with E-state index in [2.05, 4.69) is 10.3 Å². The van der Waals surface area contributed by atoms with E-state index in [-0.39, 0.29) is 5.78 Å². The number of aldehydes is 1. The van der Waals surface area contributed by atoms with E-state index in [9.17, 15) is 9.59 Å². The maximum atomic E-state index is 10.8. The van der Waals surface area contributed by atoms with Gasteiger partial charge in [-0.3, -0.25) is 9.59 Å². The predicted octanol–water partition coefficient (Wildman–Crippen LogP) is 4.24. The number of nitrogens with two attached hydrogens (primary N) is 1. The molecule has 0 spiro atoms. The zero-order valence-corrected chi connectivity index (χ0v) is 15.5. The summed E-state index contributed by atoms with van der Waals surface area (Å²) in [5, 5.41) is 3.90. The number of hydrogen-bond acceptors (Lipinski definition) is 6. The fourth-order valence-corrected chi connectivity index (χ4v) is 3.48. The van der Waals surface area contributed by atoms with Crippen molar-refractivity contribution in [3.05, 3.63) is 52.0 Å². The van der Waals surface area contributed by atoms with Gasteiger partial charge in [-0.25, -0.2) is 4.98 Å². The SMILES string of the molecule is CNc1ccc(C(C)=O)cc1.Cc1cc(C)c2c(N)c(C=O)sc2n1. The first kappa shape index (κ1) is 18.6. The number of fused-ring (bicyclic) bond motifs is 1. The monoisotopic (exact) mass is 355 g/mol. The molecule has 2 heterocycles. The second-order valence-corrected chi connectivity index (χ2v) is 6.67. The lowest BCUT2D eigenvalue weighted by atomic mass is 10.1. The lowest BCUT2D eigenvalue weighted by Crippen LogP contribution is -1.92. The number of nitrogens with zero attached hydrogens (tertiary/aromatic N) is 1. The van der Waals surface area contributed by atoms with E-state index in [0.29, 0.717) is 10.6 Å². The minimum absolute atomic E-state index is 0.104. The standard InChI is InChI=1S/C10H10N2OS.C9H11NO/c1-5-3-6(2)12-10-8(5)9(11)7(4-13)14-10;1-7(11)8-3-5-9(10-2)6-4-8/h3-4H,11H2,1-2H3;3-6,10H,1-2H3. The van der Waals surface area contributed by atoms with E-state index < -0.39 is 0 Å². The number of carbonyl (C=O) groups excluding carboxylic acids is 2. The highest BCUT2D eigenvalue weighted by Crippen LogP contribution is 2.33. The van der Waals surface area contributed by atoms with Crippen LogP contribution in [0.15, 0.2) is 30.3 Å². The molecule has 3 aromatic rings. The van der Waals surface area contributed by atoms with Crippen molar-refractivity contribution in [2.75, 3.05) is 18.1 Å². The molecule has 130 valence electrons. The third-order valence-electron chi connectivity index (χ3n) is 3.74. The summed E-state index contributed by atoms with van der Waals surface area (Å²) in [6.07, 6.45) is 0.788. The first-order valence-electron chi connectivity index (χ1n) is 7.77. The van der Waals surface area contributed by atoms with Crippen LogP contribution in [0.4, 0.5) is 11.4 Å².